The lowest BCUT2D eigenvalue weighted by atomic mass is 10.0. The highest BCUT2D eigenvalue weighted by Gasteiger charge is 2.29. The lowest BCUT2D eigenvalue weighted by Gasteiger charge is -2.27. The van der Waals surface area contributed by atoms with Gasteiger partial charge in [-0.25, -0.2) is 4.79 Å². The zero-order valence-corrected chi connectivity index (χ0v) is 15.6. The number of carbonyl (C=O) groups is 2. The molecule has 6 heteroatoms. The van der Waals surface area contributed by atoms with Gasteiger partial charge in [0.15, 0.2) is 5.69 Å². The van der Waals surface area contributed by atoms with Crippen molar-refractivity contribution in [3.05, 3.63) is 52.3 Å². The lowest BCUT2D eigenvalue weighted by molar-refractivity contribution is -0.132. The van der Waals surface area contributed by atoms with Crippen LogP contribution in [0.25, 0.3) is 0 Å². The second kappa shape index (κ2) is 7.72. The molecule has 0 spiro atoms. The van der Waals surface area contributed by atoms with E-state index >= 15 is 0 Å². The minimum atomic E-state index is -0.418. The third-order valence-corrected chi connectivity index (χ3v) is 4.81. The summed E-state index contributed by atoms with van der Waals surface area (Å²) in [6.45, 7) is 5.21. The molecule has 6 nitrogen and oxygen atoms in total. The van der Waals surface area contributed by atoms with E-state index in [2.05, 4.69) is 36.3 Å². The van der Waals surface area contributed by atoms with Crippen molar-refractivity contribution < 1.29 is 14.3 Å². The average molecular weight is 355 g/mol. The van der Waals surface area contributed by atoms with Gasteiger partial charge in [0, 0.05) is 44.2 Å². The second-order valence-corrected chi connectivity index (χ2v) is 6.67. The fraction of sp³-hybridized carbons (Fsp3) is 0.450. The number of aromatic nitrogens is 2. The van der Waals surface area contributed by atoms with Crippen LogP contribution in [0.4, 0.5) is 0 Å². The van der Waals surface area contributed by atoms with Crippen molar-refractivity contribution in [3.8, 4) is 0 Å². The van der Waals surface area contributed by atoms with E-state index in [1.165, 1.54) is 5.56 Å². The first-order valence-corrected chi connectivity index (χ1v) is 9.04. The fourth-order valence-electron chi connectivity index (χ4n) is 3.33. The maximum absolute atomic E-state index is 12.6. The van der Waals surface area contributed by atoms with Gasteiger partial charge in [0.2, 0.25) is 5.91 Å². The van der Waals surface area contributed by atoms with Crippen LogP contribution < -0.4 is 0 Å². The summed E-state index contributed by atoms with van der Waals surface area (Å²) < 4.78 is 6.83. The number of aryl methyl sites for hydroxylation is 3. The van der Waals surface area contributed by atoms with Crippen LogP contribution in [0.3, 0.4) is 0 Å². The van der Waals surface area contributed by atoms with Gasteiger partial charge < -0.3 is 9.64 Å². The molecular weight excluding hydrogens is 330 g/mol. The summed E-state index contributed by atoms with van der Waals surface area (Å²) in [5, 5.41) is 4.31. The quantitative estimate of drug-likeness (QED) is 0.773. The number of ether oxygens (including phenoxy) is 1. The number of amides is 1. The van der Waals surface area contributed by atoms with Gasteiger partial charge in [-0.3, -0.25) is 9.48 Å². The summed E-state index contributed by atoms with van der Waals surface area (Å²) >= 11 is 0. The smallest absolute Gasteiger partial charge is 0.359 e. The number of rotatable bonds is 5. The average Bonchev–Trinajstić information content (AvgIpc) is 2.97. The molecule has 1 aromatic carbocycles. The Labute approximate surface area is 153 Å². The van der Waals surface area contributed by atoms with E-state index in [0.717, 1.165) is 23.2 Å². The highest BCUT2D eigenvalue weighted by molar-refractivity contribution is 5.89. The van der Waals surface area contributed by atoms with E-state index < -0.39 is 5.97 Å². The SMILES string of the molecule is CCOC(=O)c1nn(C)c2c1CN(C(=O)CCc1ccc(C)cc1)CC2. The number of hydrogen-bond donors (Lipinski definition) is 0. The van der Waals surface area contributed by atoms with Crippen molar-refractivity contribution in [3.63, 3.8) is 0 Å². The van der Waals surface area contributed by atoms with E-state index in [1.54, 1.807) is 11.6 Å². The molecule has 0 unspecified atom stereocenters. The van der Waals surface area contributed by atoms with Crippen LogP contribution in [0.5, 0.6) is 0 Å². The molecule has 0 bridgehead atoms. The van der Waals surface area contributed by atoms with Crippen molar-refractivity contribution in [2.75, 3.05) is 13.2 Å². The zero-order valence-electron chi connectivity index (χ0n) is 15.6. The van der Waals surface area contributed by atoms with Crippen molar-refractivity contribution in [1.82, 2.24) is 14.7 Å². The van der Waals surface area contributed by atoms with Gasteiger partial charge in [0.05, 0.1) is 6.61 Å². The molecule has 26 heavy (non-hydrogen) atoms. The predicted octanol–water partition coefficient (Wildman–Crippen LogP) is 2.42. The first kappa shape index (κ1) is 18.2. The van der Waals surface area contributed by atoms with Gasteiger partial charge in [0.25, 0.3) is 0 Å². The van der Waals surface area contributed by atoms with E-state index in [4.69, 9.17) is 4.74 Å². The summed E-state index contributed by atoms with van der Waals surface area (Å²) in [7, 11) is 1.83. The Balaban J connectivity index is 1.68. The fourth-order valence-corrected chi connectivity index (χ4v) is 3.33. The molecule has 1 aliphatic heterocycles. The molecule has 0 saturated carbocycles. The van der Waals surface area contributed by atoms with Crippen LogP contribution in [-0.4, -0.2) is 39.7 Å². The van der Waals surface area contributed by atoms with E-state index in [-0.39, 0.29) is 5.91 Å². The number of carbonyl (C=O) groups excluding carboxylic acids is 2. The van der Waals surface area contributed by atoms with E-state index in [9.17, 15) is 9.59 Å². The molecule has 0 saturated heterocycles. The molecule has 0 fully saturated rings. The Morgan fingerprint density at radius 3 is 2.65 bits per heavy atom. The molecule has 0 atom stereocenters. The van der Waals surface area contributed by atoms with Crippen molar-refractivity contribution >= 4 is 11.9 Å². The molecule has 0 N–H and O–H groups in total. The lowest BCUT2D eigenvalue weighted by Crippen LogP contribution is -2.36. The van der Waals surface area contributed by atoms with Gasteiger partial charge in [-0.05, 0) is 25.8 Å². The first-order chi connectivity index (χ1) is 12.5. The van der Waals surface area contributed by atoms with Gasteiger partial charge in [-0.1, -0.05) is 29.8 Å². The minimum absolute atomic E-state index is 0.106. The Morgan fingerprint density at radius 1 is 1.23 bits per heavy atom. The standard InChI is InChI=1S/C20H25N3O3/c1-4-26-20(25)19-16-13-23(12-11-17(16)22(3)21-19)18(24)10-9-15-7-5-14(2)6-8-15/h5-8H,4,9-13H2,1-3H3. The first-order valence-electron chi connectivity index (χ1n) is 9.04. The topological polar surface area (TPSA) is 64.4 Å². The monoisotopic (exact) mass is 355 g/mol. The van der Waals surface area contributed by atoms with Gasteiger partial charge in [0.1, 0.15) is 0 Å². The Morgan fingerprint density at radius 2 is 1.96 bits per heavy atom. The molecule has 0 radical (unpaired) electrons. The number of benzene rings is 1. The summed E-state index contributed by atoms with van der Waals surface area (Å²) in [5.41, 5.74) is 4.54. The highest BCUT2D eigenvalue weighted by atomic mass is 16.5. The van der Waals surface area contributed by atoms with Crippen LogP contribution in [-0.2, 0) is 36.0 Å². The zero-order chi connectivity index (χ0) is 18.7. The summed E-state index contributed by atoms with van der Waals surface area (Å²) in [6.07, 6.45) is 1.89. The number of esters is 1. The Kier molecular flexibility index (Phi) is 5.40. The minimum Gasteiger partial charge on any atom is -0.461 e. The summed E-state index contributed by atoms with van der Waals surface area (Å²) in [5.74, 6) is -0.312. The van der Waals surface area contributed by atoms with E-state index in [0.29, 0.717) is 38.2 Å². The molecule has 1 aliphatic rings. The molecule has 3 rings (SSSR count). The van der Waals surface area contributed by atoms with Crippen molar-refractivity contribution in [2.45, 2.75) is 39.7 Å². The number of nitrogens with zero attached hydrogens (tertiary/aromatic N) is 3. The molecular formula is C20H25N3O3. The highest BCUT2D eigenvalue weighted by Crippen LogP contribution is 2.23. The number of hydrogen-bond acceptors (Lipinski definition) is 4. The van der Waals surface area contributed by atoms with Crippen LogP contribution in [0, 0.1) is 6.92 Å². The summed E-state index contributed by atoms with van der Waals surface area (Å²) in [4.78, 5) is 26.6. The maximum atomic E-state index is 12.6. The van der Waals surface area contributed by atoms with Crippen molar-refractivity contribution in [2.24, 2.45) is 7.05 Å². The maximum Gasteiger partial charge on any atom is 0.359 e. The van der Waals surface area contributed by atoms with Gasteiger partial charge in [-0.2, -0.15) is 5.10 Å². The predicted molar refractivity (Wildman–Crippen MR) is 97.8 cm³/mol. The third kappa shape index (κ3) is 3.79. The molecule has 2 heterocycles. The Hall–Kier alpha value is -2.63. The molecule has 0 aliphatic carbocycles. The second-order valence-electron chi connectivity index (χ2n) is 6.67. The van der Waals surface area contributed by atoms with Crippen LogP contribution in [0.2, 0.25) is 0 Å². The molecule has 1 aromatic heterocycles. The molecule has 1 amide bonds. The van der Waals surface area contributed by atoms with Crippen LogP contribution in [0.15, 0.2) is 24.3 Å². The normalized spacial score (nSPS) is 13.4. The number of fused-ring (bicyclic) bond motifs is 1. The third-order valence-electron chi connectivity index (χ3n) is 4.81. The van der Waals surface area contributed by atoms with Gasteiger partial charge in [-0.15, -0.1) is 0 Å². The molecule has 138 valence electrons. The molecule has 2 aromatic rings. The van der Waals surface area contributed by atoms with Crippen LogP contribution in [0.1, 0.15) is 46.2 Å². The summed E-state index contributed by atoms with van der Waals surface area (Å²) in [6, 6.07) is 8.26. The van der Waals surface area contributed by atoms with Crippen molar-refractivity contribution in [1.29, 1.82) is 0 Å². The van der Waals surface area contributed by atoms with Crippen LogP contribution >= 0.6 is 0 Å². The van der Waals surface area contributed by atoms with Gasteiger partial charge >= 0.3 is 5.97 Å². The Bertz CT molecular complexity index is 808. The van der Waals surface area contributed by atoms with E-state index in [1.807, 2.05) is 11.9 Å². The largest absolute Gasteiger partial charge is 0.461 e.